The SMILES string of the molecule is CC(C)(C)NC(=O)C1=CCN=C1c1nc2ccccc2[nH]1. The third-order valence-electron chi connectivity index (χ3n) is 3.15. The van der Waals surface area contributed by atoms with Gasteiger partial charge in [-0.05, 0) is 39.0 Å². The first-order valence-electron chi connectivity index (χ1n) is 6.97. The van der Waals surface area contributed by atoms with E-state index in [9.17, 15) is 4.79 Å². The molecule has 0 bridgehead atoms. The van der Waals surface area contributed by atoms with Crippen LogP contribution < -0.4 is 5.32 Å². The second-order valence-electron chi connectivity index (χ2n) is 6.11. The minimum Gasteiger partial charge on any atom is -0.347 e. The van der Waals surface area contributed by atoms with Gasteiger partial charge in [-0.3, -0.25) is 9.79 Å². The summed E-state index contributed by atoms with van der Waals surface area (Å²) in [5.74, 6) is 0.531. The van der Waals surface area contributed by atoms with Crippen molar-refractivity contribution in [2.75, 3.05) is 6.54 Å². The number of benzene rings is 1. The van der Waals surface area contributed by atoms with Crippen LogP contribution in [0.4, 0.5) is 0 Å². The summed E-state index contributed by atoms with van der Waals surface area (Å²) >= 11 is 0. The lowest BCUT2D eigenvalue weighted by atomic mass is 10.1. The molecule has 1 amide bonds. The van der Waals surface area contributed by atoms with Crippen molar-refractivity contribution in [3.63, 3.8) is 0 Å². The molecule has 1 aromatic carbocycles. The van der Waals surface area contributed by atoms with Crippen molar-refractivity contribution in [3.05, 3.63) is 41.7 Å². The summed E-state index contributed by atoms with van der Waals surface area (Å²) in [6, 6.07) is 7.78. The molecule has 1 aliphatic heterocycles. The van der Waals surface area contributed by atoms with Gasteiger partial charge in [-0.1, -0.05) is 12.1 Å². The number of nitrogens with zero attached hydrogens (tertiary/aromatic N) is 2. The van der Waals surface area contributed by atoms with Gasteiger partial charge in [-0.25, -0.2) is 4.98 Å². The van der Waals surface area contributed by atoms with Crippen LogP contribution in [0.15, 0.2) is 40.9 Å². The molecule has 0 saturated heterocycles. The number of hydrogen-bond acceptors (Lipinski definition) is 3. The van der Waals surface area contributed by atoms with Crippen molar-refractivity contribution in [1.29, 1.82) is 0 Å². The first-order valence-corrected chi connectivity index (χ1v) is 6.97. The van der Waals surface area contributed by atoms with E-state index in [1.807, 2.05) is 51.1 Å². The number of carbonyl (C=O) groups excluding carboxylic acids is 1. The molecule has 0 atom stereocenters. The van der Waals surface area contributed by atoms with Crippen LogP contribution in [-0.2, 0) is 4.79 Å². The largest absolute Gasteiger partial charge is 0.347 e. The van der Waals surface area contributed by atoms with Crippen LogP contribution in [0.5, 0.6) is 0 Å². The highest BCUT2D eigenvalue weighted by Gasteiger charge is 2.25. The Balaban J connectivity index is 1.92. The highest BCUT2D eigenvalue weighted by molar-refractivity contribution is 6.28. The van der Waals surface area contributed by atoms with E-state index >= 15 is 0 Å². The molecule has 2 N–H and O–H groups in total. The molecule has 3 rings (SSSR count). The summed E-state index contributed by atoms with van der Waals surface area (Å²) in [6.45, 7) is 6.38. The van der Waals surface area contributed by atoms with Gasteiger partial charge in [0.15, 0.2) is 5.82 Å². The average Bonchev–Trinajstić information content (AvgIpc) is 3.02. The molecule has 1 aromatic heterocycles. The Hall–Kier alpha value is -2.43. The van der Waals surface area contributed by atoms with E-state index in [2.05, 4.69) is 20.3 Å². The number of H-pyrrole nitrogens is 1. The molecule has 0 saturated carbocycles. The standard InChI is InChI=1S/C16H18N4O/c1-16(2,3)20-15(21)10-8-9-17-13(10)14-18-11-6-4-5-7-12(11)19-14/h4-8H,9H2,1-3H3,(H,18,19)(H,20,21). The lowest BCUT2D eigenvalue weighted by Crippen LogP contribution is -2.42. The normalized spacial score (nSPS) is 15.0. The van der Waals surface area contributed by atoms with Crippen molar-refractivity contribution in [2.45, 2.75) is 26.3 Å². The Morgan fingerprint density at radius 1 is 1.29 bits per heavy atom. The highest BCUT2D eigenvalue weighted by atomic mass is 16.1. The monoisotopic (exact) mass is 282 g/mol. The number of fused-ring (bicyclic) bond motifs is 1. The predicted molar refractivity (Wildman–Crippen MR) is 83.5 cm³/mol. The quantitative estimate of drug-likeness (QED) is 0.886. The van der Waals surface area contributed by atoms with Gasteiger partial charge in [0.25, 0.3) is 5.91 Å². The zero-order valence-corrected chi connectivity index (χ0v) is 12.4. The number of carbonyl (C=O) groups is 1. The Labute approximate surface area is 123 Å². The van der Waals surface area contributed by atoms with Gasteiger partial charge in [0.2, 0.25) is 0 Å². The molecular formula is C16H18N4O. The first kappa shape index (κ1) is 13.5. The first-order chi connectivity index (χ1) is 9.94. The maximum Gasteiger partial charge on any atom is 0.253 e. The van der Waals surface area contributed by atoms with Crippen molar-refractivity contribution in [3.8, 4) is 0 Å². The number of imidazole rings is 1. The predicted octanol–water partition coefficient (Wildman–Crippen LogP) is 2.21. The number of aliphatic imine (C=N–C) groups is 1. The van der Waals surface area contributed by atoms with Crippen LogP contribution in [0, 0.1) is 0 Å². The van der Waals surface area contributed by atoms with Crippen LogP contribution in [0.2, 0.25) is 0 Å². The van der Waals surface area contributed by atoms with Gasteiger partial charge < -0.3 is 10.3 Å². The minimum absolute atomic E-state index is 0.112. The Morgan fingerprint density at radius 3 is 2.76 bits per heavy atom. The van der Waals surface area contributed by atoms with Crippen molar-refractivity contribution < 1.29 is 4.79 Å². The summed E-state index contributed by atoms with van der Waals surface area (Å²) < 4.78 is 0. The van der Waals surface area contributed by atoms with Gasteiger partial charge in [0, 0.05) is 5.54 Å². The van der Waals surface area contributed by atoms with Crippen LogP contribution in [0.3, 0.4) is 0 Å². The smallest absolute Gasteiger partial charge is 0.253 e. The zero-order valence-electron chi connectivity index (χ0n) is 12.4. The number of para-hydroxylation sites is 2. The van der Waals surface area contributed by atoms with Crippen LogP contribution in [0.1, 0.15) is 26.6 Å². The van der Waals surface area contributed by atoms with E-state index in [1.165, 1.54) is 0 Å². The number of aromatic amines is 1. The third-order valence-corrected chi connectivity index (χ3v) is 3.15. The number of aromatic nitrogens is 2. The van der Waals surface area contributed by atoms with Gasteiger partial charge >= 0.3 is 0 Å². The molecule has 2 aromatic rings. The maximum absolute atomic E-state index is 12.4. The Kier molecular flexibility index (Phi) is 3.12. The van der Waals surface area contributed by atoms with E-state index in [-0.39, 0.29) is 11.4 Å². The summed E-state index contributed by atoms with van der Waals surface area (Å²) in [5, 5.41) is 2.96. The molecular weight excluding hydrogens is 264 g/mol. The van der Waals surface area contributed by atoms with Crippen LogP contribution in [-0.4, -0.2) is 33.7 Å². The summed E-state index contributed by atoms with van der Waals surface area (Å²) in [5.41, 5.74) is 2.76. The number of rotatable bonds is 2. The fourth-order valence-corrected chi connectivity index (χ4v) is 2.29. The molecule has 0 spiro atoms. The molecule has 0 aliphatic carbocycles. The lowest BCUT2D eigenvalue weighted by molar-refractivity contribution is -0.118. The van der Waals surface area contributed by atoms with Gasteiger partial charge in [-0.2, -0.15) is 0 Å². The topological polar surface area (TPSA) is 70.1 Å². The van der Waals surface area contributed by atoms with Crippen LogP contribution >= 0.6 is 0 Å². The number of amides is 1. The fourth-order valence-electron chi connectivity index (χ4n) is 2.29. The average molecular weight is 282 g/mol. The molecule has 108 valence electrons. The molecule has 0 unspecified atom stereocenters. The lowest BCUT2D eigenvalue weighted by Gasteiger charge is -2.21. The molecule has 21 heavy (non-hydrogen) atoms. The van der Waals surface area contributed by atoms with Crippen molar-refractivity contribution >= 4 is 22.7 Å². The Morgan fingerprint density at radius 2 is 2.05 bits per heavy atom. The zero-order chi connectivity index (χ0) is 15.0. The fraction of sp³-hybridized carbons (Fsp3) is 0.312. The van der Waals surface area contributed by atoms with E-state index in [0.717, 1.165) is 11.0 Å². The van der Waals surface area contributed by atoms with Crippen molar-refractivity contribution in [2.24, 2.45) is 4.99 Å². The summed E-state index contributed by atoms with van der Waals surface area (Å²) in [7, 11) is 0. The van der Waals surface area contributed by atoms with E-state index in [1.54, 1.807) is 0 Å². The molecule has 5 heteroatoms. The van der Waals surface area contributed by atoms with E-state index in [4.69, 9.17) is 0 Å². The molecule has 1 aliphatic rings. The van der Waals surface area contributed by atoms with E-state index < -0.39 is 0 Å². The highest BCUT2D eigenvalue weighted by Crippen LogP contribution is 2.17. The summed E-state index contributed by atoms with van der Waals surface area (Å²) in [4.78, 5) is 24.5. The molecule has 2 heterocycles. The summed E-state index contributed by atoms with van der Waals surface area (Å²) in [6.07, 6.45) is 1.84. The number of nitrogens with one attached hydrogen (secondary N) is 2. The van der Waals surface area contributed by atoms with Crippen molar-refractivity contribution in [1.82, 2.24) is 15.3 Å². The van der Waals surface area contributed by atoms with Gasteiger partial charge in [0.1, 0.15) is 5.71 Å². The second kappa shape index (κ2) is 4.84. The van der Waals surface area contributed by atoms with Gasteiger partial charge in [0.05, 0.1) is 23.2 Å². The molecule has 0 radical (unpaired) electrons. The van der Waals surface area contributed by atoms with Crippen LogP contribution in [0.25, 0.3) is 11.0 Å². The van der Waals surface area contributed by atoms with Gasteiger partial charge in [-0.15, -0.1) is 0 Å². The molecule has 5 nitrogen and oxygen atoms in total. The van der Waals surface area contributed by atoms with E-state index in [0.29, 0.717) is 23.7 Å². The second-order valence-corrected chi connectivity index (χ2v) is 6.11. The number of hydrogen-bond donors (Lipinski definition) is 2. The molecule has 0 fully saturated rings. The maximum atomic E-state index is 12.4. The Bertz CT molecular complexity index is 729. The third kappa shape index (κ3) is 2.72. The minimum atomic E-state index is -0.278.